The van der Waals surface area contributed by atoms with E-state index in [0.717, 1.165) is 48.4 Å². The summed E-state index contributed by atoms with van der Waals surface area (Å²) in [7, 11) is 1.18. The second-order valence-corrected chi connectivity index (χ2v) is 10.0. The number of hydrogen-bond acceptors (Lipinski definition) is 5. The highest BCUT2D eigenvalue weighted by molar-refractivity contribution is 5.84. The molecule has 9 heteroatoms. The maximum absolute atomic E-state index is 11.3. The van der Waals surface area contributed by atoms with Crippen LogP contribution < -0.4 is 16.4 Å². The molecule has 2 aromatic rings. The highest BCUT2D eigenvalue weighted by Gasteiger charge is 2.30. The number of anilines is 1. The molecule has 0 bridgehead atoms. The average Bonchev–Trinajstić information content (AvgIpc) is 3.17. The summed E-state index contributed by atoms with van der Waals surface area (Å²) in [6, 6.07) is 0. The van der Waals surface area contributed by atoms with E-state index in [0.29, 0.717) is 11.7 Å². The van der Waals surface area contributed by atoms with E-state index in [-0.39, 0.29) is 0 Å². The van der Waals surface area contributed by atoms with E-state index in [4.69, 9.17) is 10.7 Å². The molecule has 1 aliphatic heterocycles. The number of alkyl halides is 3. The predicted molar refractivity (Wildman–Crippen MR) is 165 cm³/mol. The van der Waals surface area contributed by atoms with Crippen molar-refractivity contribution in [2.45, 2.75) is 111 Å². The maximum Gasteiger partial charge on any atom is 0.430 e. The van der Waals surface area contributed by atoms with E-state index in [1.54, 1.807) is 6.20 Å². The fourth-order valence-electron chi connectivity index (χ4n) is 5.30. The van der Waals surface area contributed by atoms with Gasteiger partial charge in [0.1, 0.15) is 28.5 Å². The Morgan fingerprint density at radius 3 is 2.34 bits per heavy atom. The minimum atomic E-state index is -4.30. The van der Waals surface area contributed by atoms with Crippen LogP contribution in [0, 0.1) is 0 Å². The highest BCUT2D eigenvalue weighted by Crippen LogP contribution is 2.36. The maximum atomic E-state index is 11.3. The molecule has 0 amide bonds. The first-order valence-electron chi connectivity index (χ1n) is 15.1. The normalized spacial score (nSPS) is 16.5. The van der Waals surface area contributed by atoms with Gasteiger partial charge in [0.25, 0.3) is 0 Å². The van der Waals surface area contributed by atoms with E-state index in [2.05, 4.69) is 54.2 Å². The first-order chi connectivity index (χ1) is 19.7. The minimum Gasteiger partial charge on any atom is -0.385 e. The lowest BCUT2D eigenvalue weighted by molar-refractivity contribution is -0.0955. The Kier molecular flexibility index (Phi) is 13.5. The van der Waals surface area contributed by atoms with Gasteiger partial charge in [-0.3, -0.25) is 4.40 Å². The Morgan fingerprint density at radius 1 is 1.17 bits per heavy atom. The van der Waals surface area contributed by atoms with Crippen molar-refractivity contribution >= 4 is 17.0 Å². The summed E-state index contributed by atoms with van der Waals surface area (Å²) in [5, 5.41) is 5.65. The van der Waals surface area contributed by atoms with Crippen LogP contribution in [0.5, 0.6) is 0 Å². The van der Waals surface area contributed by atoms with E-state index in [1.807, 2.05) is 25.4 Å². The lowest BCUT2D eigenvalue weighted by Crippen LogP contribution is -2.21. The second-order valence-electron chi connectivity index (χ2n) is 10.0. The Labute approximate surface area is 244 Å². The molecule has 2 aliphatic rings. The van der Waals surface area contributed by atoms with Crippen LogP contribution in [0.4, 0.5) is 19.0 Å². The van der Waals surface area contributed by atoms with Gasteiger partial charge in [0.2, 0.25) is 0 Å². The molecule has 0 atom stereocenters. The number of nitrogens with one attached hydrogen (secondary N) is 2. The Hall–Kier alpha value is -3.23. The number of imidazole rings is 1. The summed E-state index contributed by atoms with van der Waals surface area (Å²) in [6.07, 6.45) is 15.9. The zero-order valence-corrected chi connectivity index (χ0v) is 25.7. The molecule has 1 fully saturated rings. The molecule has 228 valence electrons. The topological polar surface area (TPSA) is 80.3 Å². The predicted octanol–water partition coefficient (Wildman–Crippen LogP) is 8.80. The van der Waals surface area contributed by atoms with Gasteiger partial charge in [0, 0.05) is 31.1 Å². The number of nitrogens with two attached hydrogens (primary N) is 1. The van der Waals surface area contributed by atoms with E-state index < -0.39 is 11.9 Å². The monoisotopic (exact) mass is 574 g/mol. The summed E-state index contributed by atoms with van der Waals surface area (Å²) >= 11 is 0. The average molecular weight is 575 g/mol. The van der Waals surface area contributed by atoms with Crippen LogP contribution in [-0.4, -0.2) is 27.6 Å². The van der Waals surface area contributed by atoms with Crippen LogP contribution >= 0.6 is 0 Å². The van der Waals surface area contributed by atoms with Crippen molar-refractivity contribution in [3.05, 3.63) is 65.2 Å². The molecule has 4 N–H and O–H groups in total. The van der Waals surface area contributed by atoms with Gasteiger partial charge in [0.15, 0.2) is 0 Å². The molecule has 1 saturated carbocycles. The number of nitrogen functional groups attached to an aromatic ring is 1. The standard InChI is InChI=1S/C26H37N5.C4H6F3N.C2H6/c1-4-11-18(5-2)22-19(6-3)14-15-21(29-22)23-24-25(27)28-16-17-31(24)26(30-23)20-12-9-7-8-10-13-20;1-3(8-2)4(5,6)7;1-2/h11,15-17,20,29H,4-10,12-14H2,1-3H3,(H2,27,28);8H,1H2,2H3;1-2H3/b18-11-;;. The number of halogens is 3. The van der Waals surface area contributed by atoms with Crippen molar-refractivity contribution in [2.75, 3.05) is 12.8 Å². The molecule has 41 heavy (non-hydrogen) atoms. The molecule has 4 rings (SSSR count). The number of hydrogen-bond donors (Lipinski definition) is 3. The van der Waals surface area contributed by atoms with Gasteiger partial charge >= 0.3 is 6.18 Å². The molecule has 0 spiro atoms. The zero-order valence-electron chi connectivity index (χ0n) is 25.7. The third kappa shape index (κ3) is 8.63. The van der Waals surface area contributed by atoms with Crippen LogP contribution in [-0.2, 0) is 0 Å². The van der Waals surface area contributed by atoms with Gasteiger partial charge in [-0.05, 0) is 49.7 Å². The third-order valence-corrected chi connectivity index (χ3v) is 7.47. The summed E-state index contributed by atoms with van der Waals surface area (Å²) in [5.41, 5.74) is 12.6. The molecular formula is C32H49F3N6. The number of allylic oxidation sites excluding steroid dienone is 5. The first kappa shape index (κ1) is 34.0. The molecule has 6 nitrogen and oxygen atoms in total. The molecule has 0 aromatic carbocycles. The molecular weight excluding hydrogens is 525 g/mol. The zero-order chi connectivity index (χ0) is 30.6. The van der Waals surface area contributed by atoms with Gasteiger partial charge in [-0.1, -0.05) is 79.0 Å². The molecule has 3 heterocycles. The minimum absolute atomic E-state index is 0.488. The number of dihydropyridines is 1. The molecule has 2 aromatic heterocycles. The fourth-order valence-corrected chi connectivity index (χ4v) is 5.30. The van der Waals surface area contributed by atoms with Crippen molar-refractivity contribution < 1.29 is 13.2 Å². The van der Waals surface area contributed by atoms with Crippen LogP contribution in [0.15, 0.2) is 53.7 Å². The van der Waals surface area contributed by atoms with Gasteiger partial charge in [-0.15, -0.1) is 0 Å². The molecule has 0 radical (unpaired) electrons. The van der Waals surface area contributed by atoms with E-state index in [9.17, 15) is 13.2 Å². The largest absolute Gasteiger partial charge is 0.430 e. The first-order valence-corrected chi connectivity index (χ1v) is 15.1. The number of rotatable bonds is 7. The number of fused-ring (bicyclic) bond motifs is 1. The van der Waals surface area contributed by atoms with Gasteiger partial charge < -0.3 is 16.4 Å². The smallest absolute Gasteiger partial charge is 0.385 e. The van der Waals surface area contributed by atoms with Crippen molar-refractivity contribution in [1.29, 1.82) is 0 Å². The summed E-state index contributed by atoms with van der Waals surface area (Å²) < 4.78 is 36.1. The van der Waals surface area contributed by atoms with Crippen LogP contribution in [0.1, 0.15) is 116 Å². The highest BCUT2D eigenvalue weighted by atomic mass is 19.4. The lowest BCUT2D eigenvalue weighted by atomic mass is 9.95. The van der Waals surface area contributed by atoms with E-state index >= 15 is 0 Å². The van der Waals surface area contributed by atoms with Crippen molar-refractivity contribution in [3.8, 4) is 0 Å². The Morgan fingerprint density at radius 2 is 1.83 bits per heavy atom. The van der Waals surface area contributed by atoms with E-state index in [1.165, 1.54) is 62.4 Å². The van der Waals surface area contributed by atoms with Gasteiger partial charge in [-0.2, -0.15) is 13.2 Å². The fraction of sp³-hybridized carbons (Fsp3) is 0.562. The van der Waals surface area contributed by atoms with Crippen molar-refractivity contribution in [1.82, 2.24) is 25.0 Å². The summed E-state index contributed by atoms with van der Waals surface area (Å²) in [4.78, 5) is 9.63. The Bertz CT molecular complexity index is 1230. The SMILES string of the molecule is C=C(NC)C(F)(F)F.CC.CC/C=C(/CC)C1=C(CC)CC=C(c2nc(C3CCCCCC3)n3ccnc(N)c23)N1. The van der Waals surface area contributed by atoms with Crippen molar-refractivity contribution in [2.24, 2.45) is 0 Å². The number of aromatic nitrogens is 3. The van der Waals surface area contributed by atoms with Crippen LogP contribution in [0.3, 0.4) is 0 Å². The molecule has 0 saturated heterocycles. The van der Waals surface area contributed by atoms with Gasteiger partial charge in [0.05, 0.1) is 5.70 Å². The summed E-state index contributed by atoms with van der Waals surface area (Å²) in [5.74, 6) is 2.19. The van der Waals surface area contributed by atoms with Crippen LogP contribution in [0.2, 0.25) is 0 Å². The van der Waals surface area contributed by atoms with Gasteiger partial charge in [-0.25, -0.2) is 9.97 Å². The molecule has 1 aliphatic carbocycles. The van der Waals surface area contributed by atoms with Crippen molar-refractivity contribution in [3.63, 3.8) is 0 Å². The third-order valence-electron chi connectivity index (χ3n) is 7.47. The second kappa shape index (κ2) is 16.3. The molecule has 0 unspecified atom stereocenters. The number of nitrogens with zero attached hydrogens (tertiary/aromatic N) is 3. The Balaban J connectivity index is 0.000000509. The van der Waals surface area contributed by atoms with Crippen LogP contribution in [0.25, 0.3) is 11.2 Å². The lowest BCUT2D eigenvalue weighted by Gasteiger charge is -2.24. The quantitative estimate of drug-likeness (QED) is 0.288. The summed E-state index contributed by atoms with van der Waals surface area (Å²) in [6.45, 7) is 13.4.